The van der Waals surface area contributed by atoms with Crippen LogP contribution >= 0.6 is 0 Å². The summed E-state index contributed by atoms with van der Waals surface area (Å²) in [5, 5.41) is 0. The van der Waals surface area contributed by atoms with Crippen molar-refractivity contribution in [1.82, 2.24) is 0 Å². The summed E-state index contributed by atoms with van der Waals surface area (Å²) in [7, 11) is 4.23. The average Bonchev–Trinajstić information content (AvgIpc) is 2.53. The number of ether oxygens (including phenoxy) is 1. The van der Waals surface area contributed by atoms with E-state index in [-0.39, 0.29) is 5.90 Å². The van der Waals surface area contributed by atoms with Crippen LogP contribution in [0.5, 0.6) is 5.75 Å². The number of benzene rings is 1. The van der Waals surface area contributed by atoms with Gasteiger partial charge in [0.2, 0.25) is 0 Å². The Labute approximate surface area is 138 Å². The number of fused-ring (bicyclic) bond motifs is 3. The van der Waals surface area contributed by atoms with Gasteiger partial charge >= 0.3 is 0 Å². The Balaban J connectivity index is 2.06. The quantitative estimate of drug-likeness (QED) is 0.776. The highest BCUT2D eigenvalue weighted by Crippen LogP contribution is 2.55. The van der Waals surface area contributed by atoms with Gasteiger partial charge in [-0.1, -0.05) is 39.2 Å². The van der Waals surface area contributed by atoms with Gasteiger partial charge in [-0.3, -0.25) is 0 Å². The Kier molecular flexibility index (Phi) is 4.61. The third kappa shape index (κ3) is 2.61. The minimum Gasteiger partial charge on any atom is -0.508 e. The fourth-order valence-corrected chi connectivity index (χ4v) is 5.31. The molecule has 0 aromatic heterocycles. The number of hydrogen-bond donors (Lipinski definition) is 0. The molecule has 1 aromatic carbocycles. The molecule has 3 rings (SSSR count). The average molecular weight is 296 g/mol. The molecule has 3 heteroatoms. The Morgan fingerprint density at radius 1 is 1.27 bits per heavy atom. The Bertz CT molecular complexity index is 528. The van der Waals surface area contributed by atoms with Gasteiger partial charge in [-0.05, 0) is 66.2 Å². The highest BCUT2D eigenvalue weighted by Gasteiger charge is 2.47. The molecule has 0 bridgehead atoms. The maximum Gasteiger partial charge on any atom is 0.142 e. The van der Waals surface area contributed by atoms with E-state index in [0.29, 0.717) is 5.41 Å². The van der Waals surface area contributed by atoms with Crippen LogP contribution in [0, 0.1) is 11.8 Å². The van der Waals surface area contributed by atoms with Gasteiger partial charge in [0.25, 0.3) is 0 Å². The topological polar surface area (TPSA) is 9.23 Å². The molecule has 1 aromatic rings. The predicted molar refractivity (Wildman–Crippen MR) is 99.4 cm³/mol. The summed E-state index contributed by atoms with van der Waals surface area (Å²) in [6.45, 7) is 4.80. The third-order valence-corrected chi connectivity index (χ3v) is 6.29. The summed E-state index contributed by atoms with van der Waals surface area (Å²) >= 11 is 0. The van der Waals surface area contributed by atoms with Gasteiger partial charge in [0, 0.05) is 5.90 Å². The van der Waals surface area contributed by atoms with Gasteiger partial charge in [-0.2, -0.15) is 0 Å². The van der Waals surface area contributed by atoms with Crippen molar-refractivity contribution in [2.24, 2.45) is 11.8 Å². The molecule has 0 amide bonds. The van der Waals surface area contributed by atoms with Crippen molar-refractivity contribution in [3.8, 4) is 5.75 Å². The molecule has 0 spiro atoms. The molecule has 0 aliphatic heterocycles. The molecule has 1 saturated carbocycles. The fraction of sp³-hybridized carbons (Fsp3) is 0.684. The number of hydrogen-bond acceptors (Lipinski definition) is 1. The summed E-state index contributed by atoms with van der Waals surface area (Å²) in [6, 6.07) is 6.94. The van der Waals surface area contributed by atoms with Crippen LogP contribution < -0.4 is 4.74 Å². The molecule has 0 radical (unpaired) electrons. The Hall–Kier alpha value is -0.850. The SMILES string of the molecule is BC(B)Oc1ccc2c(c1)[C@]1(CC)CCCCC1[C@@H](CC)C2. The van der Waals surface area contributed by atoms with Gasteiger partial charge in [0.1, 0.15) is 21.4 Å². The molecular formula is C19H30B2O. The molecule has 1 unspecified atom stereocenters. The van der Waals surface area contributed by atoms with E-state index in [2.05, 4.69) is 47.7 Å². The monoisotopic (exact) mass is 296 g/mol. The van der Waals surface area contributed by atoms with Crippen molar-refractivity contribution in [3.63, 3.8) is 0 Å². The largest absolute Gasteiger partial charge is 0.508 e. The second-order valence-corrected chi connectivity index (χ2v) is 7.72. The maximum absolute atomic E-state index is 6.00. The van der Waals surface area contributed by atoms with Gasteiger partial charge in [0.05, 0.1) is 0 Å². The van der Waals surface area contributed by atoms with E-state index < -0.39 is 0 Å². The molecule has 22 heavy (non-hydrogen) atoms. The molecule has 2 aliphatic rings. The van der Waals surface area contributed by atoms with E-state index in [1.165, 1.54) is 44.9 Å². The lowest BCUT2D eigenvalue weighted by atomic mass is 9.52. The maximum atomic E-state index is 6.00. The number of rotatable bonds is 4. The molecular weight excluding hydrogens is 266 g/mol. The lowest BCUT2D eigenvalue weighted by Crippen LogP contribution is -2.46. The molecule has 3 atom stereocenters. The predicted octanol–water partition coefficient (Wildman–Crippen LogP) is 3.04. The van der Waals surface area contributed by atoms with Crippen molar-refractivity contribution >= 4 is 15.7 Å². The lowest BCUT2D eigenvalue weighted by Gasteiger charge is -2.52. The Morgan fingerprint density at radius 3 is 2.77 bits per heavy atom. The van der Waals surface area contributed by atoms with Gasteiger partial charge in [-0.15, -0.1) is 0 Å². The molecule has 2 aliphatic carbocycles. The first-order valence-corrected chi connectivity index (χ1v) is 9.40. The zero-order chi connectivity index (χ0) is 15.7. The fourth-order valence-electron chi connectivity index (χ4n) is 5.31. The first-order chi connectivity index (χ1) is 10.6. The van der Waals surface area contributed by atoms with E-state index >= 15 is 0 Å². The summed E-state index contributed by atoms with van der Waals surface area (Å²) in [5.74, 6) is 3.09. The van der Waals surface area contributed by atoms with Gasteiger partial charge < -0.3 is 4.74 Å². The zero-order valence-electron chi connectivity index (χ0n) is 14.8. The molecule has 0 saturated heterocycles. The second-order valence-electron chi connectivity index (χ2n) is 7.72. The van der Waals surface area contributed by atoms with Crippen LogP contribution in [-0.4, -0.2) is 21.6 Å². The van der Waals surface area contributed by atoms with Crippen molar-refractivity contribution in [2.75, 3.05) is 0 Å². The van der Waals surface area contributed by atoms with Crippen LogP contribution in [0.15, 0.2) is 18.2 Å². The van der Waals surface area contributed by atoms with Crippen LogP contribution in [0.4, 0.5) is 0 Å². The zero-order valence-corrected chi connectivity index (χ0v) is 14.8. The lowest BCUT2D eigenvalue weighted by molar-refractivity contribution is 0.0953. The highest BCUT2D eigenvalue weighted by atomic mass is 16.5. The second kappa shape index (κ2) is 6.34. The highest BCUT2D eigenvalue weighted by molar-refractivity contribution is 6.34. The van der Waals surface area contributed by atoms with Crippen molar-refractivity contribution < 1.29 is 4.74 Å². The van der Waals surface area contributed by atoms with E-state index in [0.717, 1.165) is 17.6 Å². The van der Waals surface area contributed by atoms with Crippen LogP contribution in [-0.2, 0) is 11.8 Å². The van der Waals surface area contributed by atoms with Gasteiger partial charge in [-0.25, -0.2) is 0 Å². The van der Waals surface area contributed by atoms with Crippen molar-refractivity contribution in [2.45, 2.75) is 70.1 Å². The summed E-state index contributed by atoms with van der Waals surface area (Å²) in [4.78, 5) is 0. The minimum absolute atomic E-state index is 0.254. The smallest absolute Gasteiger partial charge is 0.142 e. The normalized spacial score (nSPS) is 30.7. The van der Waals surface area contributed by atoms with Crippen LogP contribution in [0.2, 0.25) is 0 Å². The standard InChI is InChI=1S/C19H30B2O/c1-3-13-11-14-8-9-15(22-18(20)21)12-17(14)19(4-2)10-6-5-7-16(13)19/h8-9,12-13,16,18H,3-7,10-11,20-21H2,1-2H3/t13-,16?,19+/m0/s1. The molecule has 0 N–H and O–H groups in total. The molecule has 1 fully saturated rings. The van der Waals surface area contributed by atoms with E-state index in [1.54, 1.807) is 11.1 Å². The molecule has 118 valence electrons. The van der Waals surface area contributed by atoms with Crippen LogP contribution in [0.25, 0.3) is 0 Å². The molecule has 0 heterocycles. The van der Waals surface area contributed by atoms with E-state index in [4.69, 9.17) is 4.74 Å². The van der Waals surface area contributed by atoms with Crippen molar-refractivity contribution in [1.29, 1.82) is 0 Å². The Morgan fingerprint density at radius 2 is 2.09 bits per heavy atom. The van der Waals surface area contributed by atoms with E-state index in [9.17, 15) is 0 Å². The third-order valence-electron chi connectivity index (χ3n) is 6.29. The summed E-state index contributed by atoms with van der Waals surface area (Å²) in [6.07, 6.45) is 9.53. The van der Waals surface area contributed by atoms with Gasteiger partial charge in [0.15, 0.2) is 0 Å². The summed E-state index contributed by atoms with van der Waals surface area (Å²) in [5.41, 5.74) is 3.65. The van der Waals surface area contributed by atoms with E-state index in [1.807, 2.05) is 0 Å². The van der Waals surface area contributed by atoms with Crippen LogP contribution in [0.3, 0.4) is 0 Å². The first kappa shape index (κ1) is 16.0. The molecule has 1 nitrogen and oxygen atoms in total. The minimum atomic E-state index is 0.254. The van der Waals surface area contributed by atoms with Crippen LogP contribution in [0.1, 0.15) is 63.5 Å². The first-order valence-electron chi connectivity index (χ1n) is 9.40. The summed E-state index contributed by atoms with van der Waals surface area (Å²) < 4.78 is 6.00. The van der Waals surface area contributed by atoms with Crippen molar-refractivity contribution in [3.05, 3.63) is 29.3 Å².